The lowest BCUT2D eigenvalue weighted by Gasteiger charge is -2.46. The van der Waals surface area contributed by atoms with Crippen LogP contribution < -0.4 is 0 Å². The third-order valence-electron chi connectivity index (χ3n) is 7.37. The summed E-state index contributed by atoms with van der Waals surface area (Å²) < 4.78 is 27.5. The van der Waals surface area contributed by atoms with Crippen LogP contribution in [0.25, 0.3) is 0 Å². The van der Waals surface area contributed by atoms with Crippen LogP contribution in [-0.2, 0) is 23.7 Å². The SMILES string of the molecule is C[C@]1(O)C[C@@H](O[C@@H]2O[C@H](CO)[C@@H](O)[C@H](O)[C@H]2O)[C@]2(O)C=CO[C@@H](O[C@@H]3O[C@H](CO)[C@@H](O)[C@H](O)[C@H]3O)[C@@H]21. The molecule has 15 nitrogen and oxygen atoms in total. The van der Waals surface area contributed by atoms with Gasteiger partial charge in [-0.1, -0.05) is 0 Å². The molecule has 1 aliphatic carbocycles. The Labute approximate surface area is 205 Å². The average Bonchev–Trinajstić information content (AvgIpc) is 3.04. The Kier molecular flexibility index (Phi) is 7.99. The van der Waals surface area contributed by atoms with Crippen LogP contribution in [0.5, 0.6) is 0 Å². The molecule has 0 bridgehead atoms. The topological polar surface area (TPSA) is 248 Å². The van der Waals surface area contributed by atoms with Gasteiger partial charge in [-0.05, 0) is 13.0 Å². The second kappa shape index (κ2) is 10.3. The maximum atomic E-state index is 11.6. The number of aliphatic hydroxyl groups is 10. The van der Waals surface area contributed by atoms with Gasteiger partial charge in [-0.25, -0.2) is 0 Å². The van der Waals surface area contributed by atoms with Crippen molar-refractivity contribution in [1.82, 2.24) is 0 Å². The highest BCUT2D eigenvalue weighted by atomic mass is 16.8. The minimum Gasteiger partial charge on any atom is -0.472 e. The van der Waals surface area contributed by atoms with Crippen LogP contribution in [-0.4, -0.2) is 149 Å². The molecule has 0 aromatic carbocycles. The first kappa shape index (κ1) is 28.0. The van der Waals surface area contributed by atoms with Gasteiger partial charge in [0.1, 0.15) is 54.4 Å². The van der Waals surface area contributed by atoms with E-state index in [1.54, 1.807) is 0 Å². The zero-order valence-electron chi connectivity index (χ0n) is 19.3. The molecule has 0 radical (unpaired) electrons. The number of ether oxygens (including phenoxy) is 5. The lowest BCUT2D eigenvalue weighted by Crippen LogP contribution is -2.62. The third kappa shape index (κ3) is 4.67. The maximum absolute atomic E-state index is 11.6. The van der Waals surface area contributed by atoms with E-state index in [1.165, 1.54) is 13.0 Å². The van der Waals surface area contributed by atoms with Crippen molar-refractivity contribution in [3.63, 3.8) is 0 Å². The predicted octanol–water partition coefficient (Wildman–Crippen LogP) is -5.64. The first-order valence-electron chi connectivity index (χ1n) is 11.6. The zero-order valence-corrected chi connectivity index (χ0v) is 19.3. The highest BCUT2D eigenvalue weighted by molar-refractivity contribution is 5.21. The van der Waals surface area contributed by atoms with Gasteiger partial charge >= 0.3 is 0 Å². The highest BCUT2D eigenvalue weighted by Gasteiger charge is 2.66. The normalized spacial score (nSPS) is 55.2. The van der Waals surface area contributed by atoms with E-state index in [1.807, 2.05) is 0 Å². The summed E-state index contributed by atoms with van der Waals surface area (Å²) in [6, 6.07) is 0. The van der Waals surface area contributed by atoms with E-state index in [9.17, 15) is 51.1 Å². The lowest BCUT2D eigenvalue weighted by molar-refractivity contribution is -0.354. The molecule has 1 saturated carbocycles. The Hall–Kier alpha value is -1.02. The van der Waals surface area contributed by atoms with Crippen LogP contribution in [0.1, 0.15) is 13.3 Å². The Balaban J connectivity index is 1.54. The molecular formula is C21H34O15. The molecule has 15 heteroatoms. The van der Waals surface area contributed by atoms with Crippen LogP contribution in [0.4, 0.5) is 0 Å². The lowest BCUT2D eigenvalue weighted by atomic mass is 9.81. The minimum atomic E-state index is -2.01. The fourth-order valence-electron chi connectivity index (χ4n) is 5.31. The van der Waals surface area contributed by atoms with E-state index in [0.717, 1.165) is 6.26 Å². The van der Waals surface area contributed by atoms with Crippen molar-refractivity contribution in [3.8, 4) is 0 Å². The van der Waals surface area contributed by atoms with Gasteiger partial charge in [-0.2, -0.15) is 0 Å². The Bertz CT molecular complexity index is 791. The summed E-state index contributed by atoms with van der Waals surface area (Å²) in [4.78, 5) is 0. The predicted molar refractivity (Wildman–Crippen MR) is 111 cm³/mol. The molecule has 3 heterocycles. The van der Waals surface area contributed by atoms with Gasteiger partial charge in [0.15, 0.2) is 12.6 Å². The molecule has 10 N–H and O–H groups in total. The van der Waals surface area contributed by atoms with Crippen LogP contribution >= 0.6 is 0 Å². The van der Waals surface area contributed by atoms with Crippen LogP contribution in [0.15, 0.2) is 12.3 Å². The number of hydrogen-bond acceptors (Lipinski definition) is 15. The summed E-state index contributed by atoms with van der Waals surface area (Å²) in [5, 5.41) is 102. The Morgan fingerprint density at radius 3 is 1.75 bits per heavy atom. The molecule has 0 aromatic heterocycles. The van der Waals surface area contributed by atoms with Crippen LogP contribution in [0.3, 0.4) is 0 Å². The third-order valence-corrected chi connectivity index (χ3v) is 7.37. The van der Waals surface area contributed by atoms with Crippen molar-refractivity contribution in [1.29, 1.82) is 0 Å². The molecule has 2 saturated heterocycles. The fraction of sp³-hybridized carbons (Fsp3) is 0.905. The summed E-state index contributed by atoms with van der Waals surface area (Å²) in [7, 11) is 0. The molecule has 0 spiro atoms. The van der Waals surface area contributed by atoms with Gasteiger partial charge in [0.25, 0.3) is 0 Å². The van der Waals surface area contributed by atoms with Crippen LogP contribution in [0.2, 0.25) is 0 Å². The van der Waals surface area contributed by atoms with E-state index < -0.39 is 104 Å². The van der Waals surface area contributed by atoms with Crippen molar-refractivity contribution in [2.45, 2.75) is 98.4 Å². The number of aliphatic hydroxyl groups excluding tert-OH is 8. The molecule has 208 valence electrons. The van der Waals surface area contributed by atoms with Gasteiger partial charge in [-0.3, -0.25) is 0 Å². The second-order valence-corrected chi connectivity index (χ2v) is 9.89. The van der Waals surface area contributed by atoms with Crippen molar-refractivity contribution in [3.05, 3.63) is 12.3 Å². The van der Waals surface area contributed by atoms with E-state index in [4.69, 9.17) is 23.7 Å². The quantitative estimate of drug-likeness (QED) is 0.155. The number of rotatable bonds is 6. The summed E-state index contributed by atoms with van der Waals surface area (Å²) in [6.07, 6.45) is -16.7. The Morgan fingerprint density at radius 2 is 1.25 bits per heavy atom. The monoisotopic (exact) mass is 526 g/mol. The maximum Gasteiger partial charge on any atom is 0.210 e. The van der Waals surface area contributed by atoms with Gasteiger partial charge in [0, 0.05) is 6.42 Å². The van der Waals surface area contributed by atoms with E-state index in [0.29, 0.717) is 0 Å². The molecule has 36 heavy (non-hydrogen) atoms. The van der Waals surface area contributed by atoms with E-state index in [2.05, 4.69) is 0 Å². The van der Waals surface area contributed by atoms with E-state index >= 15 is 0 Å². The summed E-state index contributed by atoms with van der Waals surface area (Å²) in [6.45, 7) is -0.0371. The van der Waals surface area contributed by atoms with Crippen molar-refractivity contribution in [2.24, 2.45) is 5.92 Å². The van der Waals surface area contributed by atoms with Crippen molar-refractivity contribution >= 4 is 0 Å². The standard InChI is InChI=1S/C21H34O15/c1-20(30)4-9(35-17-14(28)12(26)10(24)7(5-22)33-17)21(31)2-3-32-19(16(20)21)36-18-15(29)13(27)11(25)8(6-23)34-18/h2-3,7-19,22-31H,4-6H2,1H3/t7-,8-,9-,10-,11-,12+,13+,14-,15-,16-,17+,18+,19+,20+,21-/m1/s1. The molecule has 0 unspecified atom stereocenters. The van der Waals surface area contributed by atoms with Gasteiger partial charge in [-0.15, -0.1) is 0 Å². The molecule has 0 aromatic rings. The largest absolute Gasteiger partial charge is 0.472 e. The van der Waals surface area contributed by atoms with Crippen molar-refractivity contribution in [2.75, 3.05) is 13.2 Å². The fourth-order valence-corrected chi connectivity index (χ4v) is 5.31. The van der Waals surface area contributed by atoms with Gasteiger partial charge in [0.2, 0.25) is 6.29 Å². The highest BCUT2D eigenvalue weighted by Crippen LogP contribution is 2.51. The zero-order chi connectivity index (χ0) is 26.6. The molecule has 0 amide bonds. The molecular weight excluding hydrogens is 492 g/mol. The van der Waals surface area contributed by atoms with E-state index in [-0.39, 0.29) is 6.42 Å². The average molecular weight is 526 g/mol. The van der Waals surface area contributed by atoms with Crippen molar-refractivity contribution < 1.29 is 74.7 Å². The molecule has 15 atom stereocenters. The number of fused-ring (bicyclic) bond motifs is 1. The van der Waals surface area contributed by atoms with Gasteiger partial charge < -0.3 is 74.7 Å². The molecule has 4 aliphatic rings. The summed E-state index contributed by atoms with van der Waals surface area (Å²) >= 11 is 0. The van der Waals surface area contributed by atoms with Crippen LogP contribution in [0, 0.1) is 5.92 Å². The minimum absolute atomic E-state index is 0.259. The van der Waals surface area contributed by atoms with Gasteiger partial charge in [0.05, 0.1) is 37.1 Å². The smallest absolute Gasteiger partial charge is 0.210 e. The first-order valence-corrected chi connectivity index (χ1v) is 11.6. The second-order valence-electron chi connectivity index (χ2n) is 9.89. The number of hydrogen-bond donors (Lipinski definition) is 10. The molecule has 4 rings (SSSR count). The first-order chi connectivity index (χ1) is 16.9. The summed E-state index contributed by atoms with van der Waals surface area (Å²) in [5.41, 5.74) is -3.77. The molecule has 3 fully saturated rings. The Morgan fingerprint density at radius 1 is 0.750 bits per heavy atom. The summed E-state index contributed by atoms with van der Waals surface area (Å²) in [5.74, 6) is -1.29. The molecule has 3 aliphatic heterocycles.